The average Bonchev–Trinajstić information content (AvgIpc) is 3.28. The van der Waals surface area contributed by atoms with Gasteiger partial charge in [-0.15, -0.1) is 0 Å². The summed E-state index contributed by atoms with van der Waals surface area (Å²) in [5.41, 5.74) is 2.25. The van der Waals surface area contributed by atoms with Crippen molar-refractivity contribution >= 4 is 92.9 Å². The highest BCUT2D eigenvalue weighted by molar-refractivity contribution is 8.29. The van der Waals surface area contributed by atoms with E-state index in [2.05, 4.69) is 0 Å². The Labute approximate surface area is 238 Å². The van der Waals surface area contributed by atoms with Gasteiger partial charge < -0.3 is 9.47 Å². The van der Waals surface area contributed by atoms with Crippen molar-refractivity contribution < 1.29 is 23.9 Å². The van der Waals surface area contributed by atoms with Gasteiger partial charge in [-0.3, -0.25) is 9.69 Å². The molecule has 11 heteroatoms. The van der Waals surface area contributed by atoms with Crippen LogP contribution in [0.4, 0.5) is 5.69 Å². The summed E-state index contributed by atoms with van der Waals surface area (Å²) in [5.74, 6) is -1.63. The molecule has 0 radical (unpaired) electrons. The molecule has 0 saturated heterocycles. The van der Waals surface area contributed by atoms with Crippen molar-refractivity contribution in [3.63, 3.8) is 0 Å². The zero-order valence-electron chi connectivity index (χ0n) is 20.4. The third-order valence-electron chi connectivity index (χ3n) is 5.91. The molecule has 0 bridgehead atoms. The highest BCUT2D eigenvalue weighted by Crippen LogP contribution is 2.56. The van der Waals surface area contributed by atoms with Crippen LogP contribution < -0.4 is 4.90 Å². The van der Waals surface area contributed by atoms with E-state index in [1.54, 1.807) is 17.0 Å². The molecule has 0 spiro atoms. The molecular weight excluding hydrogens is 573 g/mol. The number of carbonyl (C=O) groups is 3. The Bertz CT molecular complexity index is 1420. The number of thiocarbonyl (C=S) groups is 1. The van der Waals surface area contributed by atoms with Crippen LogP contribution in [-0.2, 0) is 19.1 Å². The van der Waals surface area contributed by atoms with Gasteiger partial charge >= 0.3 is 11.9 Å². The maximum Gasteiger partial charge on any atom is 0.346 e. The largest absolute Gasteiger partial charge is 0.465 e. The van der Waals surface area contributed by atoms with Gasteiger partial charge in [-0.05, 0) is 51.1 Å². The third kappa shape index (κ3) is 4.83. The fraction of sp³-hybridized carbons (Fsp3) is 0.231. The van der Waals surface area contributed by atoms with Gasteiger partial charge in [-0.1, -0.05) is 70.6 Å². The van der Waals surface area contributed by atoms with E-state index in [1.807, 2.05) is 39.0 Å². The molecule has 2 aromatic carbocycles. The number of carbonyl (C=O) groups excluding carboxylic acids is 3. The molecule has 0 N–H and O–H groups in total. The molecular formula is C26H21Cl2NO5S3. The van der Waals surface area contributed by atoms with Gasteiger partial charge in [-0.2, -0.15) is 0 Å². The second-order valence-corrected chi connectivity index (χ2v) is 12.2. The normalized spacial score (nSPS) is 16.6. The Morgan fingerprint density at radius 2 is 1.54 bits per heavy atom. The predicted octanol–water partition coefficient (Wildman–Crippen LogP) is 6.82. The number of hydrogen-bond donors (Lipinski definition) is 0. The van der Waals surface area contributed by atoms with Gasteiger partial charge in [-0.25, -0.2) is 9.59 Å². The quantitative estimate of drug-likeness (QED) is 0.218. The zero-order valence-corrected chi connectivity index (χ0v) is 24.4. The number of thioether (sulfide) groups is 2. The van der Waals surface area contributed by atoms with Crippen LogP contribution in [0.3, 0.4) is 0 Å². The molecule has 2 aliphatic rings. The van der Waals surface area contributed by atoms with E-state index in [4.69, 9.17) is 44.9 Å². The first-order valence-corrected chi connectivity index (χ1v) is 13.7. The molecule has 2 heterocycles. The second kappa shape index (κ2) is 10.5. The van der Waals surface area contributed by atoms with Gasteiger partial charge in [0.2, 0.25) is 0 Å². The lowest BCUT2D eigenvalue weighted by Gasteiger charge is -2.45. The van der Waals surface area contributed by atoms with Crippen LogP contribution in [0.2, 0.25) is 10.0 Å². The molecule has 0 unspecified atom stereocenters. The zero-order chi connectivity index (χ0) is 27.2. The van der Waals surface area contributed by atoms with E-state index >= 15 is 0 Å². The van der Waals surface area contributed by atoms with E-state index < -0.39 is 17.5 Å². The van der Waals surface area contributed by atoms with Gasteiger partial charge in [0.05, 0.1) is 45.1 Å². The van der Waals surface area contributed by atoms with Crippen molar-refractivity contribution in [2.24, 2.45) is 0 Å². The first-order chi connectivity index (χ1) is 17.4. The molecule has 0 atom stereocenters. The molecule has 2 aromatic rings. The number of ether oxygens (including phenoxy) is 2. The standard InChI is InChI=1S/C26H21Cl2NO5S3/c1-12-6-9-17-15(10-12)18(25-36-19(23(31)33-4)20(37-25)24(32)34-5)21(35)26(2,3)29(17)22(30)14-8-7-13(27)11-16(14)28/h6-11H,1-5H3. The lowest BCUT2D eigenvalue weighted by molar-refractivity contribution is -0.138. The molecule has 0 saturated carbocycles. The molecule has 4 rings (SSSR count). The highest BCUT2D eigenvalue weighted by Gasteiger charge is 2.46. The second-order valence-electron chi connectivity index (χ2n) is 8.68. The molecule has 6 nitrogen and oxygen atoms in total. The summed E-state index contributed by atoms with van der Waals surface area (Å²) in [6.45, 7) is 5.63. The highest BCUT2D eigenvalue weighted by atomic mass is 35.5. The molecule has 0 aromatic heterocycles. The van der Waals surface area contributed by atoms with Crippen molar-refractivity contribution in [1.29, 1.82) is 0 Å². The Kier molecular flexibility index (Phi) is 7.84. The minimum atomic E-state index is -0.972. The summed E-state index contributed by atoms with van der Waals surface area (Å²) in [4.78, 5) is 41.2. The van der Waals surface area contributed by atoms with Crippen LogP contribution in [0.15, 0.2) is 50.4 Å². The SMILES string of the molecule is COC(=O)C1=C(C(=O)OC)SC(=C2C(=S)C(C)(C)N(C(=O)c3ccc(Cl)cc3Cl)c3ccc(C)cc32)S1. The summed E-state index contributed by atoms with van der Waals surface area (Å²) < 4.78 is 10.4. The van der Waals surface area contributed by atoms with E-state index in [0.717, 1.165) is 29.1 Å². The first kappa shape index (κ1) is 27.7. The number of rotatable bonds is 3. The number of methoxy groups -OCH3 is 2. The van der Waals surface area contributed by atoms with Crippen molar-refractivity contribution in [2.45, 2.75) is 26.3 Å². The maximum atomic E-state index is 13.9. The lowest BCUT2D eigenvalue weighted by Crippen LogP contribution is -2.56. The summed E-state index contributed by atoms with van der Waals surface area (Å²) in [6, 6.07) is 10.4. The van der Waals surface area contributed by atoms with E-state index in [-0.39, 0.29) is 26.3 Å². The van der Waals surface area contributed by atoms with Gasteiger partial charge in [0, 0.05) is 16.2 Å². The van der Waals surface area contributed by atoms with Gasteiger partial charge in [0.1, 0.15) is 9.81 Å². The summed E-state index contributed by atoms with van der Waals surface area (Å²) in [7, 11) is 2.50. The minimum Gasteiger partial charge on any atom is -0.465 e. The van der Waals surface area contributed by atoms with Crippen molar-refractivity contribution in [1.82, 2.24) is 0 Å². The predicted molar refractivity (Wildman–Crippen MR) is 154 cm³/mol. The molecule has 0 aliphatic carbocycles. The Morgan fingerprint density at radius 1 is 0.946 bits per heavy atom. The van der Waals surface area contributed by atoms with E-state index in [9.17, 15) is 14.4 Å². The fourth-order valence-electron chi connectivity index (χ4n) is 4.08. The number of benzene rings is 2. The van der Waals surface area contributed by atoms with Crippen molar-refractivity contribution in [3.8, 4) is 0 Å². The summed E-state index contributed by atoms with van der Waals surface area (Å²) >= 11 is 20.7. The number of fused-ring (bicyclic) bond motifs is 1. The van der Waals surface area contributed by atoms with Crippen LogP contribution in [0.1, 0.15) is 35.3 Å². The van der Waals surface area contributed by atoms with Crippen molar-refractivity contribution in [2.75, 3.05) is 19.1 Å². The number of esters is 2. The number of anilines is 1. The average molecular weight is 595 g/mol. The monoisotopic (exact) mass is 593 g/mol. The van der Waals surface area contributed by atoms with Crippen LogP contribution in [0.5, 0.6) is 0 Å². The molecule has 192 valence electrons. The smallest absolute Gasteiger partial charge is 0.346 e. The fourth-order valence-corrected chi connectivity index (χ4v) is 7.60. The topological polar surface area (TPSA) is 72.9 Å². The maximum absolute atomic E-state index is 13.9. The number of nitrogens with zero attached hydrogens (tertiary/aromatic N) is 1. The van der Waals surface area contributed by atoms with E-state index in [0.29, 0.717) is 30.9 Å². The van der Waals surface area contributed by atoms with Crippen LogP contribution in [0.25, 0.3) is 5.57 Å². The number of halogens is 2. The van der Waals surface area contributed by atoms with Crippen LogP contribution in [-0.4, -0.2) is 42.5 Å². The van der Waals surface area contributed by atoms with Crippen LogP contribution in [0, 0.1) is 6.92 Å². The number of aryl methyl sites for hydroxylation is 1. The molecule has 0 fully saturated rings. The minimum absolute atomic E-state index is 0.128. The molecule has 37 heavy (non-hydrogen) atoms. The number of amides is 1. The third-order valence-corrected chi connectivity index (χ3v) is 9.72. The Hall–Kier alpha value is -2.30. The lowest BCUT2D eigenvalue weighted by atomic mass is 9.82. The van der Waals surface area contributed by atoms with Crippen LogP contribution >= 0.6 is 58.9 Å². The van der Waals surface area contributed by atoms with Gasteiger partial charge in [0.25, 0.3) is 5.91 Å². The summed E-state index contributed by atoms with van der Waals surface area (Å²) in [5, 5.41) is 0.650. The summed E-state index contributed by atoms with van der Waals surface area (Å²) in [6.07, 6.45) is 0. The number of hydrogen-bond acceptors (Lipinski definition) is 8. The Balaban J connectivity index is 1.92. The van der Waals surface area contributed by atoms with Gasteiger partial charge in [0.15, 0.2) is 0 Å². The van der Waals surface area contributed by atoms with E-state index in [1.165, 1.54) is 20.3 Å². The first-order valence-electron chi connectivity index (χ1n) is 10.9. The molecule has 2 aliphatic heterocycles. The molecule has 1 amide bonds. The Morgan fingerprint density at radius 3 is 2.08 bits per heavy atom. The van der Waals surface area contributed by atoms with Crippen molar-refractivity contribution in [3.05, 3.63) is 77.2 Å².